The highest BCUT2D eigenvalue weighted by Crippen LogP contribution is 2.08. The number of pyridine rings is 1. The average molecular weight is 231 g/mol. The molecule has 2 rings (SSSR count). The van der Waals surface area contributed by atoms with Crippen LogP contribution in [0.2, 0.25) is 0 Å². The molecule has 2 heterocycles. The van der Waals surface area contributed by atoms with E-state index in [1.54, 1.807) is 0 Å². The van der Waals surface area contributed by atoms with Crippen molar-refractivity contribution in [1.29, 1.82) is 0 Å². The summed E-state index contributed by atoms with van der Waals surface area (Å²) >= 11 is 4.99. The molecule has 0 bridgehead atoms. The highest BCUT2D eigenvalue weighted by Gasteiger charge is 2.04. The normalized spacial score (nSPS) is 10.3. The van der Waals surface area contributed by atoms with Crippen LogP contribution >= 0.6 is 12.2 Å². The van der Waals surface area contributed by atoms with E-state index in [0.717, 1.165) is 23.4 Å². The fourth-order valence-corrected chi connectivity index (χ4v) is 1.86. The standard InChI is InChI=1S/C12H13N3S/c1-9-5-10(7-14-6-9)8-15-4-2-3-11(15)12(13)16/h2-7H,8H2,1H3,(H2,13,16). The second kappa shape index (κ2) is 4.45. The molecule has 82 valence electrons. The molecule has 0 amide bonds. The number of nitrogens with two attached hydrogens (primary N) is 1. The number of hydrogen-bond donors (Lipinski definition) is 1. The molecular formula is C12H13N3S. The lowest BCUT2D eigenvalue weighted by molar-refractivity contribution is 0.793. The van der Waals surface area contributed by atoms with E-state index < -0.39 is 0 Å². The lowest BCUT2D eigenvalue weighted by Crippen LogP contribution is -2.15. The Kier molecular flexibility index (Phi) is 3.01. The predicted molar refractivity (Wildman–Crippen MR) is 68.4 cm³/mol. The van der Waals surface area contributed by atoms with Crippen LogP contribution in [0.25, 0.3) is 0 Å². The fraction of sp³-hybridized carbons (Fsp3) is 0.167. The van der Waals surface area contributed by atoms with E-state index >= 15 is 0 Å². The van der Waals surface area contributed by atoms with Gasteiger partial charge in [-0.2, -0.15) is 0 Å². The van der Waals surface area contributed by atoms with Crippen molar-refractivity contribution in [1.82, 2.24) is 9.55 Å². The number of hydrogen-bond acceptors (Lipinski definition) is 2. The van der Waals surface area contributed by atoms with Gasteiger partial charge in [0.1, 0.15) is 4.99 Å². The predicted octanol–water partition coefficient (Wildman–Crippen LogP) is 1.87. The monoisotopic (exact) mass is 231 g/mol. The molecule has 0 unspecified atom stereocenters. The molecule has 0 fully saturated rings. The first-order valence-corrected chi connectivity index (χ1v) is 5.43. The quantitative estimate of drug-likeness (QED) is 0.820. The highest BCUT2D eigenvalue weighted by atomic mass is 32.1. The summed E-state index contributed by atoms with van der Waals surface area (Å²) in [4.78, 5) is 4.58. The fourth-order valence-electron chi connectivity index (χ4n) is 1.68. The van der Waals surface area contributed by atoms with Gasteiger partial charge in [0.2, 0.25) is 0 Å². The summed E-state index contributed by atoms with van der Waals surface area (Å²) in [6.07, 6.45) is 5.67. The van der Waals surface area contributed by atoms with Crippen molar-refractivity contribution in [3.05, 3.63) is 53.6 Å². The van der Waals surface area contributed by atoms with E-state index in [2.05, 4.69) is 11.1 Å². The molecule has 3 nitrogen and oxygen atoms in total. The Morgan fingerprint density at radius 2 is 2.31 bits per heavy atom. The van der Waals surface area contributed by atoms with Crippen LogP contribution in [0.5, 0.6) is 0 Å². The van der Waals surface area contributed by atoms with Gasteiger partial charge < -0.3 is 10.3 Å². The molecule has 4 heteroatoms. The number of aryl methyl sites for hydroxylation is 1. The van der Waals surface area contributed by atoms with E-state index in [0.29, 0.717) is 4.99 Å². The van der Waals surface area contributed by atoms with E-state index in [-0.39, 0.29) is 0 Å². The Balaban J connectivity index is 2.27. The first-order valence-electron chi connectivity index (χ1n) is 5.02. The molecule has 0 aliphatic rings. The van der Waals surface area contributed by atoms with Gasteiger partial charge in [0.15, 0.2) is 0 Å². The highest BCUT2D eigenvalue weighted by molar-refractivity contribution is 7.80. The topological polar surface area (TPSA) is 43.8 Å². The van der Waals surface area contributed by atoms with Crippen LogP contribution in [0.15, 0.2) is 36.8 Å². The van der Waals surface area contributed by atoms with Crippen LogP contribution in [0, 0.1) is 6.92 Å². The van der Waals surface area contributed by atoms with Gasteiger partial charge in [-0.15, -0.1) is 0 Å². The molecule has 0 aliphatic carbocycles. The zero-order chi connectivity index (χ0) is 11.5. The molecule has 0 saturated carbocycles. The Bertz CT molecular complexity index is 516. The van der Waals surface area contributed by atoms with Crippen molar-refractivity contribution in [2.75, 3.05) is 0 Å². The second-order valence-corrected chi connectivity index (χ2v) is 4.20. The maximum Gasteiger partial charge on any atom is 0.120 e. The summed E-state index contributed by atoms with van der Waals surface area (Å²) in [5.41, 5.74) is 8.82. The Hall–Kier alpha value is -1.68. The molecule has 0 radical (unpaired) electrons. The van der Waals surface area contributed by atoms with Crippen LogP contribution in [0.4, 0.5) is 0 Å². The lowest BCUT2D eigenvalue weighted by Gasteiger charge is -2.08. The average Bonchev–Trinajstić information content (AvgIpc) is 2.66. The third-order valence-electron chi connectivity index (χ3n) is 2.37. The molecular weight excluding hydrogens is 218 g/mol. The molecule has 0 aliphatic heterocycles. The van der Waals surface area contributed by atoms with Gasteiger partial charge >= 0.3 is 0 Å². The van der Waals surface area contributed by atoms with E-state index in [1.807, 2.05) is 42.2 Å². The molecule has 16 heavy (non-hydrogen) atoms. The van der Waals surface area contributed by atoms with Gasteiger partial charge in [-0.1, -0.05) is 18.3 Å². The van der Waals surface area contributed by atoms with Gasteiger partial charge in [0, 0.05) is 25.1 Å². The van der Waals surface area contributed by atoms with Gasteiger partial charge in [0.05, 0.1) is 5.69 Å². The lowest BCUT2D eigenvalue weighted by atomic mass is 10.2. The van der Waals surface area contributed by atoms with Crippen LogP contribution in [-0.4, -0.2) is 14.5 Å². The zero-order valence-corrected chi connectivity index (χ0v) is 9.87. The number of thiocarbonyl (C=S) groups is 1. The smallest absolute Gasteiger partial charge is 0.120 e. The number of aromatic nitrogens is 2. The van der Waals surface area contributed by atoms with Crippen molar-refractivity contribution in [3.63, 3.8) is 0 Å². The Morgan fingerprint density at radius 1 is 1.50 bits per heavy atom. The molecule has 0 aromatic carbocycles. The van der Waals surface area contributed by atoms with E-state index in [4.69, 9.17) is 18.0 Å². The van der Waals surface area contributed by atoms with Gasteiger partial charge in [-0.3, -0.25) is 4.98 Å². The Morgan fingerprint density at radius 3 is 3.00 bits per heavy atom. The van der Waals surface area contributed by atoms with Crippen LogP contribution in [0.3, 0.4) is 0 Å². The van der Waals surface area contributed by atoms with Gasteiger partial charge in [-0.25, -0.2) is 0 Å². The van der Waals surface area contributed by atoms with Gasteiger partial charge in [0.25, 0.3) is 0 Å². The maximum absolute atomic E-state index is 5.64. The van der Waals surface area contributed by atoms with Crippen molar-refractivity contribution >= 4 is 17.2 Å². The van der Waals surface area contributed by atoms with Crippen LogP contribution in [0.1, 0.15) is 16.8 Å². The van der Waals surface area contributed by atoms with Gasteiger partial charge in [-0.05, 0) is 30.2 Å². The van der Waals surface area contributed by atoms with E-state index in [1.165, 1.54) is 0 Å². The minimum absolute atomic E-state index is 0.422. The van der Waals surface area contributed by atoms with E-state index in [9.17, 15) is 0 Å². The summed E-state index contributed by atoms with van der Waals surface area (Å²) in [6, 6.07) is 5.97. The summed E-state index contributed by atoms with van der Waals surface area (Å²) in [7, 11) is 0. The Labute approximate surface area is 99.9 Å². The minimum Gasteiger partial charge on any atom is -0.388 e. The summed E-state index contributed by atoms with van der Waals surface area (Å²) in [5, 5.41) is 0. The molecule has 0 saturated heterocycles. The summed E-state index contributed by atoms with van der Waals surface area (Å²) in [6.45, 7) is 2.77. The van der Waals surface area contributed by atoms with Crippen molar-refractivity contribution in [2.45, 2.75) is 13.5 Å². The third kappa shape index (κ3) is 2.28. The first kappa shape index (κ1) is 10.8. The summed E-state index contributed by atoms with van der Waals surface area (Å²) < 4.78 is 2.03. The molecule has 2 N–H and O–H groups in total. The third-order valence-corrected chi connectivity index (χ3v) is 2.58. The SMILES string of the molecule is Cc1cncc(Cn2cccc2C(N)=S)c1. The molecule has 2 aromatic heterocycles. The maximum atomic E-state index is 5.64. The van der Waals surface area contributed by atoms with Crippen LogP contribution < -0.4 is 5.73 Å². The van der Waals surface area contributed by atoms with Crippen LogP contribution in [-0.2, 0) is 6.54 Å². The summed E-state index contributed by atoms with van der Waals surface area (Å²) in [5.74, 6) is 0. The molecule has 0 atom stereocenters. The molecule has 0 spiro atoms. The molecule has 2 aromatic rings. The largest absolute Gasteiger partial charge is 0.388 e. The number of rotatable bonds is 3. The second-order valence-electron chi connectivity index (χ2n) is 3.76. The first-order chi connectivity index (χ1) is 7.66. The minimum atomic E-state index is 0.422. The van der Waals surface area contributed by atoms with Crippen molar-refractivity contribution in [2.24, 2.45) is 5.73 Å². The number of nitrogens with zero attached hydrogens (tertiary/aromatic N) is 2. The van der Waals surface area contributed by atoms with Crippen molar-refractivity contribution < 1.29 is 0 Å². The van der Waals surface area contributed by atoms with Crippen molar-refractivity contribution in [3.8, 4) is 0 Å². The zero-order valence-electron chi connectivity index (χ0n) is 9.05.